The molecule has 6 nitrogen and oxygen atoms in total. The van der Waals surface area contributed by atoms with Gasteiger partial charge in [0.1, 0.15) is 11.5 Å². The Labute approximate surface area is 178 Å². The average Bonchev–Trinajstić information content (AvgIpc) is 3.28. The zero-order chi connectivity index (χ0) is 21.5. The van der Waals surface area contributed by atoms with Crippen molar-refractivity contribution in [2.75, 3.05) is 33.9 Å². The smallest absolute Gasteiger partial charge is 0.224 e. The minimum absolute atomic E-state index is 0.0343. The number of ether oxygens (including phenoxy) is 2. The van der Waals surface area contributed by atoms with Crippen molar-refractivity contribution < 1.29 is 19.1 Å². The summed E-state index contributed by atoms with van der Waals surface area (Å²) in [5.41, 5.74) is 2.45. The van der Waals surface area contributed by atoms with Gasteiger partial charge in [0, 0.05) is 17.7 Å². The summed E-state index contributed by atoms with van der Waals surface area (Å²) in [4.78, 5) is 26.8. The highest BCUT2D eigenvalue weighted by atomic mass is 16.5. The molecule has 160 valence electrons. The molecule has 0 bridgehead atoms. The summed E-state index contributed by atoms with van der Waals surface area (Å²) < 4.78 is 10.6. The molecule has 1 N–H and O–H groups in total. The van der Waals surface area contributed by atoms with Gasteiger partial charge in [-0.2, -0.15) is 0 Å². The van der Waals surface area contributed by atoms with E-state index in [1.165, 1.54) is 19.8 Å². The molecular formula is C24H30N2O4. The van der Waals surface area contributed by atoms with Gasteiger partial charge >= 0.3 is 0 Å². The van der Waals surface area contributed by atoms with Gasteiger partial charge in [-0.05, 0) is 68.8 Å². The molecule has 1 saturated heterocycles. The topological polar surface area (TPSA) is 67.9 Å². The molecule has 1 unspecified atom stereocenters. The molecular weight excluding hydrogens is 380 g/mol. The molecule has 0 radical (unpaired) electrons. The Morgan fingerprint density at radius 2 is 1.73 bits per heavy atom. The molecule has 30 heavy (non-hydrogen) atoms. The van der Waals surface area contributed by atoms with Crippen molar-refractivity contribution in [1.82, 2.24) is 10.2 Å². The fourth-order valence-corrected chi connectivity index (χ4v) is 3.92. The zero-order valence-electron chi connectivity index (χ0n) is 17.9. The number of hydrogen-bond acceptors (Lipinski definition) is 5. The SMILES string of the molecule is COc1ccc(C(CNC(=O)Cc2cc(C(C)=O)ccc2OC)N2CCCC2)cc1. The van der Waals surface area contributed by atoms with E-state index in [0.717, 1.165) is 24.4 Å². The number of ketones is 1. The summed E-state index contributed by atoms with van der Waals surface area (Å²) in [6, 6.07) is 13.4. The monoisotopic (exact) mass is 410 g/mol. The summed E-state index contributed by atoms with van der Waals surface area (Å²) in [5, 5.41) is 3.08. The molecule has 2 aromatic rings. The van der Waals surface area contributed by atoms with Gasteiger partial charge in [-0.3, -0.25) is 14.5 Å². The van der Waals surface area contributed by atoms with E-state index in [4.69, 9.17) is 9.47 Å². The maximum atomic E-state index is 12.7. The Bertz CT molecular complexity index is 873. The Morgan fingerprint density at radius 3 is 2.33 bits per heavy atom. The van der Waals surface area contributed by atoms with Crippen molar-refractivity contribution >= 4 is 11.7 Å². The lowest BCUT2D eigenvalue weighted by molar-refractivity contribution is -0.120. The Balaban J connectivity index is 1.70. The minimum Gasteiger partial charge on any atom is -0.497 e. The molecule has 1 amide bonds. The standard InChI is InChI=1S/C24H30N2O4/c1-17(27)19-8-11-23(30-3)20(14-19)15-24(28)25-16-22(26-12-4-5-13-26)18-6-9-21(29-2)10-7-18/h6-11,14,22H,4-5,12-13,15-16H2,1-3H3,(H,25,28). The number of Topliss-reactive ketones (excluding diaryl/α,β-unsaturated/α-hetero) is 1. The van der Waals surface area contributed by atoms with Crippen LogP contribution in [0.5, 0.6) is 11.5 Å². The van der Waals surface area contributed by atoms with Gasteiger partial charge in [-0.1, -0.05) is 12.1 Å². The largest absolute Gasteiger partial charge is 0.497 e. The number of nitrogens with one attached hydrogen (secondary N) is 1. The quantitative estimate of drug-likeness (QED) is 0.642. The third-order valence-electron chi connectivity index (χ3n) is 5.61. The van der Waals surface area contributed by atoms with E-state index in [1.807, 2.05) is 12.1 Å². The van der Waals surface area contributed by atoms with Crippen molar-refractivity contribution in [3.63, 3.8) is 0 Å². The lowest BCUT2D eigenvalue weighted by Crippen LogP contribution is -2.37. The highest BCUT2D eigenvalue weighted by Crippen LogP contribution is 2.26. The summed E-state index contributed by atoms with van der Waals surface area (Å²) in [5.74, 6) is 1.31. The third kappa shape index (κ3) is 5.39. The maximum absolute atomic E-state index is 12.7. The van der Waals surface area contributed by atoms with Crippen LogP contribution >= 0.6 is 0 Å². The van der Waals surface area contributed by atoms with Crippen molar-refractivity contribution in [3.05, 3.63) is 59.2 Å². The van der Waals surface area contributed by atoms with Gasteiger partial charge in [0.15, 0.2) is 5.78 Å². The summed E-state index contributed by atoms with van der Waals surface area (Å²) >= 11 is 0. The van der Waals surface area contributed by atoms with Crippen LogP contribution in [0.3, 0.4) is 0 Å². The predicted octanol–water partition coefficient (Wildman–Crippen LogP) is 3.40. The first-order valence-corrected chi connectivity index (χ1v) is 10.3. The fraction of sp³-hybridized carbons (Fsp3) is 0.417. The van der Waals surface area contributed by atoms with Crippen LogP contribution < -0.4 is 14.8 Å². The van der Waals surface area contributed by atoms with Gasteiger partial charge in [0.25, 0.3) is 0 Å². The molecule has 1 atom stereocenters. The van der Waals surface area contributed by atoms with Crippen LogP contribution in [0.25, 0.3) is 0 Å². The van der Waals surface area contributed by atoms with E-state index in [-0.39, 0.29) is 24.2 Å². The van der Waals surface area contributed by atoms with E-state index in [2.05, 4.69) is 22.3 Å². The maximum Gasteiger partial charge on any atom is 0.224 e. The van der Waals surface area contributed by atoms with E-state index < -0.39 is 0 Å². The van der Waals surface area contributed by atoms with Crippen LogP contribution in [0.2, 0.25) is 0 Å². The number of carbonyl (C=O) groups is 2. The summed E-state index contributed by atoms with van der Waals surface area (Å²) in [6.45, 7) is 4.10. The number of benzene rings is 2. The van der Waals surface area contributed by atoms with E-state index in [1.54, 1.807) is 32.4 Å². The molecule has 3 rings (SSSR count). The average molecular weight is 411 g/mol. The molecule has 0 saturated carbocycles. The predicted molar refractivity (Wildman–Crippen MR) is 116 cm³/mol. The third-order valence-corrected chi connectivity index (χ3v) is 5.61. The number of carbonyl (C=O) groups excluding carboxylic acids is 2. The highest BCUT2D eigenvalue weighted by molar-refractivity contribution is 5.94. The molecule has 1 aliphatic rings. The lowest BCUT2D eigenvalue weighted by Gasteiger charge is -2.28. The summed E-state index contributed by atoms with van der Waals surface area (Å²) in [6.07, 6.45) is 2.52. The van der Waals surface area contributed by atoms with Gasteiger partial charge in [0.2, 0.25) is 5.91 Å². The van der Waals surface area contributed by atoms with Gasteiger partial charge in [-0.25, -0.2) is 0 Å². The van der Waals surface area contributed by atoms with Gasteiger partial charge in [0.05, 0.1) is 26.7 Å². The number of rotatable bonds is 9. The first kappa shape index (κ1) is 21.8. The van der Waals surface area contributed by atoms with Crippen LogP contribution in [0.15, 0.2) is 42.5 Å². The molecule has 6 heteroatoms. The number of hydrogen-bond donors (Lipinski definition) is 1. The van der Waals surface area contributed by atoms with Crippen molar-refractivity contribution in [2.45, 2.75) is 32.2 Å². The van der Waals surface area contributed by atoms with Crippen LogP contribution in [0.1, 0.15) is 47.3 Å². The van der Waals surface area contributed by atoms with Gasteiger partial charge < -0.3 is 14.8 Å². The Hall–Kier alpha value is -2.86. The number of methoxy groups -OCH3 is 2. The van der Waals surface area contributed by atoms with Crippen LogP contribution in [0.4, 0.5) is 0 Å². The number of amides is 1. The molecule has 0 spiro atoms. The molecule has 1 heterocycles. The second-order valence-electron chi connectivity index (χ2n) is 7.60. The normalized spacial score (nSPS) is 14.9. The lowest BCUT2D eigenvalue weighted by atomic mass is 10.0. The van der Waals surface area contributed by atoms with E-state index >= 15 is 0 Å². The van der Waals surface area contributed by atoms with Crippen molar-refractivity contribution in [1.29, 1.82) is 0 Å². The highest BCUT2D eigenvalue weighted by Gasteiger charge is 2.24. The Kier molecular flexibility index (Phi) is 7.46. The summed E-state index contributed by atoms with van der Waals surface area (Å²) in [7, 11) is 3.22. The van der Waals surface area contributed by atoms with Gasteiger partial charge in [-0.15, -0.1) is 0 Å². The van der Waals surface area contributed by atoms with E-state index in [9.17, 15) is 9.59 Å². The minimum atomic E-state index is -0.0910. The second-order valence-corrected chi connectivity index (χ2v) is 7.60. The first-order valence-electron chi connectivity index (χ1n) is 10.3. The Morgan fingerprint density at radius 1 is 1.03 bits per heavy atom. The zero-order valence-corrected chi connectivity index (χ0v) is 17.9. The second kappa shape index (κ2) is 10.3. The van der Waals surface area contributed by atoms with E-state index in [0.29, 0.717) is 23.4 Å². The number of nitrogens with zero attached hydrogens (tertiary/aromatic N) is 1. The van der Waals surface area contributed by atoms with Crippen molar-refractivity contribution in [2.24, 2.45) is 0 Å². The molecule has 0 aromatic heterocycles. The van der Waals surface area contributed by atoms with Crippen molar-refractivity contribution in [3.8, 4) is 11.5 Å². The number of likely N-dealkylation sites (tertiary alicyclic amines) is 1. The first-order chi connectivity index (χ1) is 14.5. The van der Waals surface area contributed by atoms with Crippen LogP contribution in [0, 0.1) is 0 Å². The van der Waals surface area contributed by atoms with Crippen LogP contribution in [-0.2, 0) is 11.2 Å². The van der Waals surface area contributed by atoms with Crippen LogP contribution in [-0.4, -0.2) is 50.4 Å². The molecule has 0 aliphatic carbocycles. The molecule has 1 fully saturated rings. The fourth-order valence-electron chi connectivity index (χ4n) is 3.92. The molecule has 1 aliphatic heterocycles. The molecule has 2 aromatic carbocycles.